The Kier molecular flexibility index (Phi) is 30.3. The highest BCUT2D eigenvalue weighted by molar-refractivity contribution is 5.64. The maximum atomic E-state index is 9.64. The Hall–Kier alpha value is -10.3. The van der Waals surface area contributed by atoms with E-state index in [1.165, 1.54) is 25.9 Å². The molecule has 3 aromatic rings. The fourth-order valence-electron chi connectivity index (χ4n) is 5.20. The third kappa shape index (κ3) is 26.8. The van der Waals surface area contributed by atoms with Crippen LogP contribution >= 0.6 is 0 Å². The van der Waals surface area contributed by atoms with Crippen molar-refractivity contribution < 1.29 is 46.1 Å². The van der Waals surface area contributed by atoms with Crippen molar-refractivity contribution in [1.82, 2.24) is 19.9 Å². The quantitative estimate of drug-likeness (QED) is 0.0349. The summed E-state index contributed by atoms with van der Waals surface area (Å²) in [6.07, 6.45) is 17.8. The maximum Gasteiger partial charge on any atom is 0.226 e. The number of hydrogen-bond donors (Lipinski definition) is 3. The molecule has 0 aliphatic carbocycles. The minimum absolute atomic E-state index is 0. The first-order chi connectivity index (χ1) is 34.0. The average Bonchev–Trinajstić information content (AvgIpc) is 3.91. The summed E-state index contributed by atoms with van der Waals surface area (Å²) in [7, 11) is 1.67. The van der Waals surface area contributed by atoms with Gasteiger partial charge < -0.3 is 29.9 Å². The molecule has 4 rings (SSSR count). The number of terminal acetylenes is 1. The molecule has 1 fully saturated rings. The molecule has 1 unspecified atom stereocenters. The molecule has 4 N–H and O–H groups in total. The monoisotopic (exact) mass is 941 g/mol. The number of anilines is 1. The van der Waals surface area contributed by atoms with Crippen molar-refractivity contribution >= 4 is 5.82 Å². The molecule has 0 bridgehead atoms. The Balaban J connectivity index is -0.0000000751. The van der Waals surface area contributed by atoms with Crippen LogP contribution in [0.1, 0.15) is 79.0 Å². The molecule has 1 atom stereocenters. The van der Waals surface area contributed by atoms with Gasteiger partial charge in [-0.2, -0.15) is 0 Å². The summed E-state index contributed by atoms with van der Waals surface area (Å²) in [4.78, 5) is 19.0. The molecule has 0 radical (unpaired) electrons. The molecule has 15 nitrogen and oxygen atoms in total. The van der Waals surface area contributed by atoms with Crippen molar-refractivity contribution in [3.05, 3.63) is 65.9 Å². The van der Waals surface area contributed by atoms with Crippen LogP contribution in [0.2, 0.25) is 0 Å². The Morgan fingerprint density at radius 2 is 1.41 bits per heavy atom. The van der Waals surface area contributed by atoms with Crippen molar-refractivity contribution in [1.29, 1.82) is 0 Å². The van der Waals surface area contributed by atoms with E-state index in [9.17, 15) is 5.21 Å². The molecule has 0 saturated carbocycles. The highest BCUT2D eigenvalue weighted by atomic mass is 17.2. The van der Waals surface area contributed by atoms with Crippen LogP contribution in [0.25, 0.3) is 11.3 Å². The third-order valence-electron chi connectivity index (χ3n) is 7.96. The van der Waals surface area contributed by atoms with E-state index in [4.69, 9.17) is 26.1 Å². The van der Waals surface area contributed by atoms with Crippen LogP contribution in [0.3, 0.4) is 0 Å². The molecule has 1 aliphatic heterocycles. The lowest BCUT2D eigenvalue weighted by Crippen LogP contribution is -2.21. The number of likely N-dealkylation sites (tertiary alicyclic amines) is 1. The lowest BCUT2D eigenvalue weighted by atomic mass is 10.0. The number of hydrogen-bond acceptors (Lipinski definition) is 11. The van der Waals surface area contributed by atoms with Crippen LogP contribution in [-0.4, -0.2) is 63.5 Å². The van der Waals surface area contributed by atoms with Gasteiger partial charge in [0.05, 0.1) is 48.1 Å². The summed E-state index contributed by atoms with van der Waals surface area (Å²) >= 11 is 0. The Bertz CT molecular complexity index is 3130. The zero-order chi connectivity index (χ0) is 49.7. The molecular weight excluding hydrogens is 869 g/mol. The molecule has 0 amide bonds. The predicted octanol–water partition coefficient (Wildman–Crippen LogP) is 9.33. The number of nitrogens with zero attached hydrogens (tertiary/aromatic N) is 8. The first-order valence-electron chi connectivity index (χ1n) is 20.5. The third-order valence-corrected chi connectivity index (χ3v) is 7.96. The van der Waals surface area contributed by atoms with Gasteiger partial charge in [0.15, 0.2) is 11.5 Å². The fraction of sp³-hybridized carbons (Fsp3) is 0.241. The lowest BCUT2D eigenvalue weighted by Gasteiger charge is -2.19. The van der Waals surface area contributed by atoms with Gasteiger partial charge in [0.2, 0.25) is 10.4 Å². The summed E-state index contributed by atoms with van der Waals surface area (Å²) in [6, 6.07) is 10.1. The second-order valence-electron chi connectivity index (χ2n) is 12.6. The van der Waals surface area contributed by atoms with Crippen molar-refractivity contribution in [2.75, 3.05) is 38.7 Å². The number of benzene rings is 1. The van der Waals surface area contributed by atoms with E-state index in [0.29, 0.717) is 12.4 Å². The lowest BCUT2D eigenvalue weighted by molar-refractivity contribution is -0.873. The van der Waals surface area contributed by atoms with E-state index in [0.717, 1.165) is 54.2 Å². The number of aromatic nitrogens is 3. The van der Waals surface area contributed by atoms with Gasteiger partial charge in [-0.05, 0) is 170 Å². The molecule has 69 heavy (non-hydrogen) atoms. The van der Waals surface area contributed by atoms with Crippen LogP contribution in [-0.2, 0) is 4.99 Å². The molecule has 368 valence electrons. The van der Waals surface area contributed by atoms with Crippen molar-refractivity contribution in [3.63, 3.8) is 0 Å². The van der Waals surface area contributed by atoms with E-state index in [-0.39, 0.29) is 27.4 Å². The van der Waals surface area contributed by atoms with Crippen LogP contribution in [0.5, 0.6) is 11.5 Å². The van der Waals surface area contributed by atoms with E-state index in [1.807, 2.05) is 30.5 Å². The average molecular weight is 941 g/mol. The first-order valence-corrected chi connectivity index (χ1v) is 20.5. The van der Waals surface area contributed by atoms with E-state index < -0.39 is 5.02 Å². The van der Waals surface area contributed by atoms with Crippen molar-refractivity contribution in [2.24, 2.45) is 21.5 Å². The van der Waals surface area contributed by atoms with E-state index in [1.54, 1.807) is 32.6 Å². The standard InChI is InChI=1S/C27H35N5O2.C27H4.H3N5O3.15H2/c1-3-8-23(22-9-6-12-28-18-22)30-27-20-29-19-24(31-27)21-10-11-25(26(17-21)33-2)34-16-7-15-32-13-4-5-14-32;1-3-5-7-9-11-13-15-17-19-21-23-25-27-26-24-22-20-18-16-14-12-10-8-6-4-2;1-2-3-4-5(6)8-7;;;;;;;;;;;;;;;/h6,9-12,17-20,23H,3-5,7-8,13-16H2,1-2H3,(H,30,31);1H,2H3;7H,(H2,1,3);15*1H. The highest BCUT2D eigenvalue weighted by Crippen LogP contribution is 2.32. The van der Waals surface area contributed by atoms with Gasteiger partial charge >= 0.3 is 0 Å². The SMILES string of the molecule is C#CC#CC#CC#CC#CC#CC#CC#CC#CC#CC#CC#CC#CC.CCCC(Nc1cncc(-c2ccc(OCCCN3CCCC3)c(OC)c2)n1)c1cccnc1.NN=NN=[N+]([O-])OO.[HH].[HH].[HH].[HH].[HH].[HH].[HH].[HH].[HH].[HH].[HH].[HH].[HH].[HH].[HH]. The number of ether oxygens (including phenoxy) is 2. The van der Waals surface area contributed by atoms with E-state index in [2.05, 4.69) is 208 Å². The Labute approximate surface area is 426 Å². The summed E-state index contributed by atoms with van der Waals surface area (Å²) in [5.41, 5.74) is 2.86. The molecule has 1 saturated heterocycles. The molecule has 1 aliphatic rings. The number of pyridine rings is 1. The highest BCUT2D eigenvalue weighted by Gasteiger charge is 2.14. The van der Waals surface area contributed by atoms with Gasteiger partial charge in [-0.1, -0.05) is 25.3 Å². The number of nitrogens with one attached hydrogen (secondary N) is 1. The zero-order valence-corrected chi connectivity index (χ0v) is 38.0. The molecule has 3 heterocycles. The zero-order valence-electron chi connectivity index (χ0n) is 38.0. The topological polar surface area (TPSA) is 191 Å². The van der Waals surface area contributed by atoms with Gasteiger partial charge in [0, 0.05) is 93.3 Å². The first kappa shape index (κ1) is 54.8. The second-order valence-corrected chi connectivity index (χ2v) is 12.6. The van der Waals surface area contributed by atoms with Crippen molar-refractivity contribution in [2.45, 2.75) is 52.0 Å². The van der Waals surface area contributed by atoms with Crippen LogP contribution < -0.4 is 20.6 Å². The smallest absolute Gasteiger partial charge is 0.226 e. The largest absolute Gasteiger partial charge is 0.493 e. The molecular formula is C54H72N10O5. The van der Waals surface area contributed by atoms with Gasteiger partial charge in [0.25, 0.3) is 0 Å². The Morgan fingerprint density at radius 3 is 1.90 bits per heavy atom. The van der Waals surface area contributed by atoms with Crippen molar-refractivity contribution in [3.8, 4) is 177 Å². The number of methoxy groups -OCH3 is 1. The van der Waals surface area contributed by atoms with Crippen LogP contribution in [0.4, 0.5) is 5.82 Å². The minimum atomic E-state index is -0.573. The number of rotatable bonds is 14. The van der Waals surface area contributed by atoms with Crippen LogP contribution in [0.15, 0.2) is 70.8 Å². The predicted molar refractivity (Wildman–Crippen MR) is 294 cm³/mol. The summed E-state index contributed by atoms with van der Waals surface area (Å²) in [5.74, 6) is 68.5. The van der Waals surface area contributed by atoms with Gasteiger partial charge in [-0.15, -0.1) is 6.42 Å². The normalized spacial score (nSPS) is 10.2. The molecule has 15 heteroatoms. The minimum Gasteiger partial charge on any atom is -0.493 e. The van der Waals surface area contributed by atoms with Gasteiger partial charge in [-0.25, -0.2) is 4.98 Å². The maximum absolute atomic E-state index is 9.64. The summed E-state index contributed by atoms with van der Waals surface area (Å²) in [6.45, 7) is 8.07. The molecule has 1 aromatic carbocycles. The van der Waals surface area contributed by atoms with E-state index >= 15 is 0 Å². The molecule has 0 spiro atoms. The summed E-state index contributed by atoms with van der Waals surface area (Å²) in [5, 5.41) is 27.7. The number of nitrogens with two attached hydrogens (primary N) is 1. The van der Waals surface area contributed by atoms with Gasteiger partial charge in [-0.3, -0.25) is 21.1 Å². The summed E-state index contributed by atoms with van der Waals surface area (Å²) < 4.78 is 11.6. The molecule has 2 aromatic heterocycles. The fourth-order valence-corrected chi connectivity index (χ4v) is 5.20. The van der Waals surface area contributed by atoms with Gasteiger partial charge in [0.1, 0.15) is 5.82 Å². The Morgan fingerprint density at radius 1 is 0.826 bits per heavy atom. The van der Waals surface area contributed by atoms with Crippen LogP contribution in [0, 0.1) is 160 Å². The second kappa shape index (κ2) is 38.1.